The van der Waals surface area contributed by atoms with Crippen molar-refractivity contribution in [2.75, 3.05) is 14.2 Å². The molecular formula is C12H25NO. The zero-order chi connectivity index (χ0) is 10.8. The van der Waals surface area contributed by atoms with E-state index in [2.05, 4.69) is 33.1 Å². The second kappa shape index (κ2) is 4.63. The Bertz CT molecular complexity index is 170. The third-order valence-corrected chi connectivity index (χ3v) is 3.42. The maximum Gasteiger partial charge on any atom is 0.0774 e. The Morgan fingerprint density at radius 1 is 1.29 bits per heavy atom. The molecule has 1 rings (SSSR count). The molecule has 0 aromatic carbocycles. The molecule has 0 aliphatic heterocycles. The maximum atomic E-state index is 5.66. The van der Waals surface area contributed by atoms with Crippen LogP contribution in [0.4, 0.5) is 0 Å². The Labute approximate surface area is 88.4 Å². The molecule has 1 saturated carbocycles. The van der Waals surface area contributed by atoms with E-state index in [1.54, 1.807) is 0 Å². The summed E-state index contributed by atoms with van der Waals surface area (Å²) >= 11 is 0. The summed E-state index contributed by atoms with van der Waals surface area (Å²) in [6, 6.07) is 0.522. The van der Waals surface area contributed by atoms with Crippen molar-refractivity contribution in [2.45, 2.75) is 52.2 Å². The normalized spacial score (nSPS) is 22.9. The third-order valence-electron chi connectivity index (χ3n) is 3.42. The molecule has 1 fully saturated rings. The van der Waals surface area contributed by atoms with Gasteiger partial charge in [-0.3, -0.25) is 0 Å². The van der Waals surface area contributed by atoms with E-state index in [1.807, 2.05) is 7.11 Å². The predicted octanol–water partition coefficient (Wildman–Crippen LogP) is 2.44. The molecule has 0 radical (unpaired) electrons. The van der Waals surface area contributed by atoms with Gasteiger partial charge in [0.1, 0.15) is 0 Å². The average molecular weight is 199 g/mol. The van der Waals surface area contributed by atoms with Crippen molar-refractivity contribution in [1.29, 1.82) is 0 Å². The van der Waals surface area contributed by atoms with Gasteiger partial charge in [0.15, 0.2) is 0 Å². The first-order chi connectivity index (χ1) is 6.50. The molecular weight excluding hydrogens is 174 g/mol. The molecule has 0 aromatic rings. The molecule has 0 saturated heterocycles. The Balaban J connectivity index is 2.63. The van der Waals surface area contributed by atoms with Crippen molar-refractivity contribution in [1.82, 2.24) is 5.32 Å². The Kier molecular flexibility index (Phi) is 3.96. The fraction of sp³-hybridized carbons (Fsp3) is 1.00. The Hall–Kier alpha value is -0.0800. The van der Waals surface area contributed by atoms with E-state index < -0.39 is 0 Å². The number of hydrogen-bond acceptors (Lipinski definition) is 2. The first kappa shape index (κ1) is 12.0. The SMILES string of the molecule is CNC(C1CCC1)C(OC)C(C)(C)C. The van der Waals surface area contributed by atoms with Crippen LogP contribution in [0.1, 0.15) is 40.0 Å². The van der Waals surface area contributed by atoms with Crippen LogP contribution in [-0.2, 0) is 4.74 Å². The molecule has 0 amide bonds. The molecule has 1 aliphatic rings. The molecule has 2 atom stereocenters. The van der Waals surface area contributed by atoms with E-state index in [1.165, 1.54) is 19.3 Å². The van der Waals surface area contributed by atoms with Crippen LogP contribution in [0, 0.1) is 11.3 Å². The highest BCUT2D eigenvalue weighted by Gasteiger charge is 2.38. The van der Waals surface area contributed by atoms with Gasteiger partial charge in [0.25, 0.3) is 0 Å². The van der Waals surface area contributed by atoms with E-state index in [4.69, 9.17) is 4.74 Å². The quantitative estimate of drug-likeness (QED) is 0.751. The lowest BCUT2D eigenvalue weighted by molar-refractivity contribution is -0.0349. The summed E-state index contributed by atoms with van der Waals surface area (Å²) in [6.45, 7) is 6.76. The highest BCUT2D eigenvalue weighted by Crippen LogP contribution is 2.36. The van der Waals surface area contributed by atoms with Gasteiger partial charge in [0.2, 0.25) is 0 Å². The maximum absolute atomic E-state index is 5.66. The topological polar surface area (TPSA) is 21.3 Å². The summed E-state index contributed by atoms with van der Waals surface area (Å²) in [6.07, 6.45) is 4.43. The van der Waals surface area contributed by atoms with Gasteiger partial charge in [-0.1, -0.05) is 27.2 Å². The largest absolute Gasteiger partial charge is 0.379 e. The van der Waals surface area contributed by atoms with Crippen LogP contribution < -0.4 is 5.32 Å². The molecule has 0 heterocycles. The molecule has 0 aromatic heterocycles. The molecule has 0 spiro atoms. The molecule has 0 bridgehead atoms. The van der Waals surface area contributed by atoms with E-state index >= 15 is 0 Å². The van der Waals surface area contributed by atoms with Gasteiger partial charge in [0, 0.05) is 13.2 Å². The van der Waals surface area contributed by atoms with Gasteiger partial charge >= 0.3 is 0 Å². The fourth-order valence-electron chi connectivity index (χ4n) is 2.47. The summed E-state index contributed by atoms with van der Waals surface area (Å²) in [5.74, 6) is 0.823. The molecule has 2 heteroatoms. The molecule has 84 valence electrons. The van der Waals surface area contributed by atoms with E-state index in [0.717, 1.165) is 5.92 Å². The highest BCUT2D eigenvalue weighted by atomic mass is 16.5. The lowest BCUT2D eigenvalue weighted by Gasteiger charge is -2.43. The summed E-state index contributed by atoms with van der Waals surface area (Å²) in [5, 5.41) is 3.44. The van der Waals surface area contributed by atoms with Crippen molar-refractivity contribution in [2.24, 2.45) is 11.3 Å². The number of rotatable bonds is 4. The van der Waals surface area contributed by atoms with Crippen LogP contribution in [0.3, 0.4) is 0 Å². The number of likely N-dealkylation sites (N-methyl/N-ethyl adjacent to an activating group) is 1. The van der Waals surface area contributed by atoms with E-state index in [-0.39, 0.29) is 5.41 Å². The summed E-state index contributed by atoms with van der Waals surface area (Å²) in [5.41, 5.74) is 0.220. The van der Waals surface area contributed by atoms with Gasteiger partial charge < -0.3 is 10.1 Å². The summed E-state index contributed by atoms with van der Waals surface area (Å²) in [7, 11) is 3.89. The number of methoxy groups -OCH3 is 1. The predicted molar refractivity (Wildman–Crippen MR) is 60.4 cm³/mol. The van der Waals surface area contributed by atoms with Crippen LogP contribution in [-0.4, -0.2) is 26.3 Å². The molecule has 2 nitrogen and oxygen atoms in total. The van der Waals surface area contributed by atoms with Gasteiger partial charge in [-0.2, -0.15) is 0 Å². The van der Waals surface area contributed by atoms with Crippen molar-refractivity contribution in [3.05, 3.63) is 0 Å². The van der Waals surface area contributed by atoms with Crippen LogP contribution in [0.2, 0.25) is 0 Å². The van der Waals surface area contributed by atoms with E-state index in [0.29, 0.717) is 12.1 Å². The van der Waals surface area contributed by atoms with Crippen molar-refractivity contribution in [3.8, 4) is 0 Å². The molecule has 1 aliphatic carbocycles. The van der Waals surface area contributed by atoms with Crippen LogP contribution >= 0.6 is 0 Å². The second-order valence-corrected chi connectivity index (χ2v) is 5.53. The minimum absolute atomic E-state index is 0.220. The zero-order valence-electron chi connectivity index (χ0n) is 10.3. The number of hydrogen-bond donors (Lipinski definition) is 1. The first-order valence-electron chi connectivity index (χ1n) is 5.70. The van der Waals surface area contributed by atoms with Gasteiger partial charge in [-0.05, 0) is 31.2 Å². The summed E-state index contributed by atoms with van der Waals surface area (Å²) in [4.78, 5) is 0. The van der Waals surface area contributed by atoms with Crippen LogP contribution in [0.25, 0.3) is 0 Å². The Morgan fingerprint density at radius 3 is 2.07 bits per heavy atom. The molecule has 1 N–H and O–H groups in total. The zero-order valence-corrected chi connectivity index (χ0v) is 10.3. The first-order valence-corrected chi connectivity index (χ1v) is 5.70. The van der Waals surface area contributed by atoms with Crippen molar-refractivity contribution < 1.29 is 4.74 Å². The van der Waals surface area contributed by atoms with Crippen LogP contribution in [0.15, 0.2) is 0 Å². The number of nitrogens with one attached hydrogen (secondary N) is 1. The van der Waals surface area contributed by atoms with Gasteiger partial charge in [-0.15, -0.1) is 0 Å². The monoisotopic (exact) mass is 199 g/mol. The Morgan fingerprint density at radius 2 is 1.86 bits per heavy atom. The smallest absolute Gasteiger partial charge is 0.0774 e. The third kappa shape index (κ3) is 2.48. The number of ether oxygens (including phenoxy) is 1. The van der Waals surface area contributed by atoms with E-state index in [9.17, 15) is 0 Å². The standard InChI is InChI=1S/C12H25NO/c1-12(2,3)11(14-5)10(13-4)9-7-6-8-9/h9-11,13H,6-8H2,1-5H3. The summed E-state index contributed by atoms with van der Waals surface area (Å²) < 4.78 is 5.66. The van der Waals surface area contributed by atoms with Crippen LogP contribution in [0.5, 0.6) is 0 Å². The minimum Gasteiger partial charge on any atom is -0.379 e. The van der Waals surface area contributed by atoms with Crippen molar-refractivity contribution >= 4 is 0 Å². The van der Waals surface area contributed by atoms with Gasteiger partial charge in [-0.25, -0.2) is 0 Å². The highest BCUT2D eigenvalue weighted by molar-refractivity contribution is 4.92. The molecule has 14 heavy (non-hydrogen) atoms. The molecule has 2 unspecified atom stereocenters. The van der Waals surface area contributed by atoms with Gasteiger partial charge in [0.05, 0.1) is 6.10 Å². The lowest BCUT2D eigenvalue weighted by atomic mass is 9.72. The second-order valence-electron chi connectivity index (χ2n) is 5.53. The average Bonchev–Trinajstić information content (AvgIpc) is 1.97. The minimum atomic E-state index is 0.220. The van der Waals surface area contributed by atoms with Crippen molar-refractivity contribution in [3.63, 3.8) is 0 Å². The fourth-order valence-corrected chi connectivity index (χ4v) is 2.47. The lowest BCUT2D eigenvalue weighted by Crippen LogP contribution is -2.52.